The van der Waals surface area contributed by atoms with Gasteiger partial charge in [-0.15, -0.1) is 0 Å². The molecule has 1 aromatic heterocycles. The van der Waals surface area contributed by atoms with Gasteiger partial charge in [-0.1, -0.05) is 0 Å². The van der Waals surface area contributed by atoms with Crippen molar-refractivity contribution in [1.29, 1.82) is 0 Å². The molecule has 0 aliphatic carbocycles. The van der Waals surface area contributed by atoms with Gasteiger partial charge in [0.1, 0.15) is 0 Å². The van der Waals surface area contributed by atoms with Crippen LogP contribution in [0.3, 0.4) is 0 Å². The molecule has 3 rings (SSSR count). The molecule has 2 saturated heterocycles. The van der Waals surface area contributed by atoms with Crippen molar-refractivity contribution >= 4 is 11.5 Å². The van der Waals surface area contributed by atoms with Crippen molar-refractivity contribution < 1.29 is 9.66 Å². The Morgan fingerprint density at radius 2 is 2.20 bits per heavy atom. The molecule has 2 atom stereocenters. The van der Waals surface area contributed by atoms with E-state index < -0.39 is 0 Å². The lowest BCUT2D eigenvalue weighted by molar-refractivity contribution is -0.384. The Morgan fingerprint density at radius 3 is 2.95 bits per heavy atom. The van der Waals surface area contributed by atoms with Gasteiger partial charge < -0.3 is 15.0 Å². The Balaban J connectivity index is 1.93. The fourth-order valence-corrected chi connectivity index (χ4v) is 3.05. The first kappa shape index (κ1) is 13.1. The molecular formula is C13H18N4O3. The molecule has 7 heteroatoms. The van der Waals surface area contributed by atoms with Gasteiger partial charge in [0, 0.05) is 37.3 Å². The van der Waals surface area contributed by atoms with Crippen LogP contribution in [-0.4, -0.2) is 42.2 Å². The minimum absolute atomic E-state index is 0.0450. The average Bonchev–Trinajstić information content (AvgIpc) is 2.77. The third-order valence-corrected chi connectivity index (χ3v) is 4.06. The Bertz CT molecular complexity index is 522. The van der Waals surface area contributed by atoms with E-state index in [1.54, 1.807) is 0 Å². The van der Waals surface area contributed by atoms with Gasteiger partial charge in [0.15, 0.2) is 0 Å². The van der Waals surface area contributed by atoms with E-state index in [4.69, 9.17) is 4.74 Å². The zero-order valence-corrected chi connectivity index (χ0v) is 11.4. The van der Waals surface area contributed by atoms with Gasteiger partial charge in [-0.25, -0.2) is 0 Å². The summed E-state index contributed by atoms with van der Waals surface area (Å²) in [6.45, 7) is 1.55. The van der Waals surface area contributed by atoms with Gasteiger partial charge in [0.25, 0.3) is 0 Å². The second-order valence-electron chi connectivity index (χ2n) is 5.33. The molecule has 0 saturated carbocycles. The Morgan fingerprint density at radius 1 is 1.40 bits per heavy atom. The monoisotopic (exact) mass is 278 g/mol. The van der Waals surface area contributed by atoms with Gasteiger partial charge in [0.2, 0.25) is 11.7 Å². The highest BCUT2D eigenvalue weighted by Crippen LogP contribution is 2.31. The van der Waals surface area contributed by atoms with E-state index in [0.717, 1.165) is 25.9 Å². The number of anilines is 1. The van der Waals surface area contributed by atoms with E-state index in [-0.39, 0.29) is 10.6 Å². The summed E-state index contributed by atoms with van der Waals surface area (Å²) in [6, 6.07) is 3.94. The summed E-state index contributed by atoms with van der Waals surface area (Å²) >= 11 is 0. The van der Waals surface area contributed by atoms with Crippen LogP contribution in [0.1, 0.15) is 19.3 Å². The molecule has 2 aliphatic rings. The first-order valence-electron chi connectivity index (χ1n) is 6.88. The third kappa shape index (κ3) is 2.40. The first-order chi connectivity index (χ1) is 9.67. The largest absolute Gasteiger partial charge is 0.481 e. The Labute approximate surface area is 117 Å². The van der Waals surface area contributed by atoms with Gasteiger partial charge in [-0.3, -0.25) is 10.1 Å². The van der Waals surface area contributed by atoms with Crippen LogP contribution in [0.25, 0.3) is 0 Å². The number of methoxy groups -OCH3 is 1. The number of hydrogen-bond acceptors (Lipinski definition) is 6. The molecule has 1 aromatic rings. The van der Waals surface area contributed by atoms with Crippen LogP contribution < -0.4 is 15.0 Å². The van der Waals surface area contributed by atoms with E-state index in [2.05, 4.69) is 10.3 Å². The zero-order valence-electron chi connectivity index (χ0n) is 11.4. The molecule has 3 heterocycles. The number of hydrogen-bond donors (Lipinski definition) is 1. The van der Waals surface area contributed by atoms with Crippen molar-refractivity contribution in [2.24, 2.45) is 0 Å². The summed E-state index contributed by atoms with van der Waals surface area (Å²) in [6.07, 6.45) is 3.32. The smallest absolute Gasteiger partial charge is 0.311 e. The minimum Gasteiger partial charge on any atom is -0.481 e. The predicted octanol–water partition coefficient (Wildman–Crippen LogP) is 1.33. The molecular weight excluding hydrogens is 260 g/mol. The standard InChI is InChI=1S/C13H18N4O3/c1-20-12-5-4-11(17(18)19)13(15-12)16-7-6-9-2-3-10(8-16)14-9/h4-5,9-10,14H,2-3,6-8H2,1H3. The fraction of sp³-hybridized carbons (Fsp3) is 0.615. The van der Waals surface area contributed by atoms with Crippen molar-refractivity contribution in [2.45, 2.75) is 31.3 Å². The van der Waals surface area contributed by atoms with E-state index in [1.807, 2.05) is 4.90 Å². The average molecular weight is 278 g/mol. The first-order valence-corrected chi connectivity index (χ1v) is 6.88. The van der Waals surface area contributed by atoms with E-state index in [9.17, 15) is 10.1 Å². The summed E-state index contributed by atoms with van der Waals surface area (Å²) in [4.78, 5) is 17.1. The number of fused-ring (bicyclic) bond motifs is 2. The molecule has 108 valence electrons. The molecule has 7 nitrogen and oxygen atoms in total. The van der Waals surface area contributed by atoms with Gasteiger partial charge in [0.05, 0.1) is 12.0 Å². The normalized spacial score (nSPS) is 25.4. The number of nitro groups is 1. The molecule has 20 heavy (non-hydrogen) atoms. The van der Waals surface area contributed by atoms with Gasteiger partial charge in [-0.2, -0.15) is 4.98 Å². The predicted molar refractivity (Wildman–Crippen MR) is 74.2 cm³/mol. The molecule has 0 aromatic carbocycles. The maximum absolute atomic E-state index is 11.2. The highest BCUT2D eigenvalue weighted by molar-refractivity contribution is 5.59. The number of nitrogens with one attached hydrogen (secondary N) is 1. The van der Waals surface area contributed by atoms with Crippen molar-refractivity contribution in [3.63, 3.8) is 0 Å². The van der Waals surface area contributed by atoms with Crippen LogP contribution in [0.15, 0.2) is 12.1 Å². The van der Waals surface area contributed by atoms with Crippen LogP contribution in [0.4, 0.5) is 11.5 Å². The lowest BCUT2D eigenvalue weighted by Crippen LogP contribution is -2.36. The Hall–Kier alpha value is -1.89. The second kappa shape index (κ2) is 5.24. The van der Waals surface area contributed by atoms with E-state index in [0.29, 0.717) is 23.8 Å². The number of ether oxygens (including phenoxy) is 1. The number of aromatic nitrogens is 1. The lowest BCUT2D eigenvalue weighted by Gasteiger charge is -2.25. The van der Waals surface area contributed by atoms with Crippen LogP contribution in [0.2, 0.25) is 0 Å². The number of nitrogens with zero attached hydrogens (tertiary/aromatic N) is 3. The summed E-state index contributed by atoms with van der Waals surface area (Å²) < 4.78 is 5.10. The highest BCUT2D eigenvalue weighted by Gasteiger charge is 2.32. The molecule has 2 aliphatic heterocycles. The van der Waals surface area contributed by atoms with Crippen LogP contribution >= 0.6 is 0 Å². The topological polar surface area (TPSA) is 80.5 Å². The van der Waals surface area contributed by atoms with Gasteiger partial charge in [-0.05, 0) is 19.3 Å². The zero-order chi connectivity index (χ0) is 14.1. The molecule has 2 bridgehead atoms. The quantitative estimate of drug-likeness (QED) is 0.663. The van der Waals surface area contributed by atoms with Crippen LogP contribution in [0, 0.1) is 10.1 Å². The molecule has 1 N–H and O–H groups in total. The molecule has 2 unspecified atom stereocenters. The molecule has 2 fully saturated rings. The second-order valence-corrected chi connectivity index (χ2v) is 5.33. The van der Waals surface area contributed by atoms with Gasteiger partial charge >= 0.3 is 5.69 Å². The summed E-state index contributed by atoms with van der Waals surface area (Å²) in [5.41, 5.74) is 0.0450. The number of rotatable bonds is 3. The Kier molecular flexibility index (Phi) is 3.43. The van der Waals surface area contributed by atoms with E-state index in [1.165, 1.54) is 25.7 Å². The minimum atomic E-state index is -0.377. The summed E-state index contributed by atoms with van der Waals surface area (Å²) in [7, 11) is 1.52. The number of pyridine rings is 1. The lowest BCUT2D eigenvalue weighted by atomic mass is 10.1. The van der Waals surface area contributed by atoms with E-state index >= 15 is 0 Å². The van der Waals surface area contributed by atoms with Crippen molar-refractivity contribution in [3.8, 4) is 5.88 Å². The van der Waals surface area contributed by atoms with Crippen LogP contribution in [-0.2, 0) is 0 Å². The SMILES string of the molecule is COc1ccc([N+](=O)[O-])c(N2CCC3CCC(C2)N3)n1. The van der Waals surface area contributed by atoms with Crippen molar-refractivity contribution in [1.82, 2.24) is 10.3 Å². The summed E-state index contributed by atoms with van der Waals surface area (Å²) in [5, 5.41) is 14.8. The molecule has 0 amide bonds. The highest BCUT2D eigenvalue weighted by atomic mass is 16.6. The summed E-state index contributed by atoms with van der Waals surface area (Å²) in [5.74, 6) is 0.830. The molecule has 0 radical (unpaired) electrons. The maximum atomic E-state index is 11.2. The third-order valence-electron chi connectivity index (χ3n) is 4.06. The maximum Gasteiger partial charge on any atom is 0.311 e. The van der Waals surface area contributed by atoms with Crippen LogP contribution in [0.5, 0.6) is 5.88 Å². The van der Waals surface area contributed by atoms with Crippen molar-refractivity contribution in [3.05, 3.63) is 22.2 Å². The van der Waals surface area contributed by atoms with Crippen molar-refractivity contribution in [2.75, 3.05) is 25.1 Å². The fourth-order valence-electron chi connectivity index (χ4n) is 3.05. The molecule has 0 spiro atoms.